The fourth-order valence-electron chi connectivity index (χ4n) is 6.49. The van der Waals surface area contributed by atoms with Gasteiger partial charge in [0, 0.05) is 17.0 Å². The van der Waals surface area contributed by atoms with Crippen LogP contribution in [0, 0.1) is 0 Å². The number of pyridine rings is 2. The van der Waals surface area contributed by atoms with Crippen LogP contribution in [-0.4, -0.2) is 14.4 Å². The molecule has 3 heterocycles. The smallest absolute Gasteiger partial charge is 0.146 e. The van der Waals surface area contributed by atoms with Crippen LogP contribution in [0.2, 0.25) is 0 Å². The van der Waals surface area contributed by atoms with Crippen LogP contribution in [-0.2, 0) is 12.8 Å². The summed E-state index contributed by atoms with van der Waals surface area (Å²) in [5.74, 6) is 0. The molecule has 0 atom stereocenters. The molecule has 0 saturated carbocycles. The molecule has 0 fully saturated rings. The van der Waals surface area contributed by atoms with Crippen LogP contribution < -0.4 is 0 Å². The van der Waals surface area contributed by atoms with Crippen molar-refractivity contribution >= 4 is 38.5 Å². The zero-order valence-corrected chi connectivity index (χ0v) is 18.9. The highest BCUT2D eigenvalue weighted by molar-refractivity contribution is 6.14. The van der Waals surface area contributed by atoms with Crippen molar-refractivity contribution in [2.45, 2.75) is 12.8 Å². The summed E-state index contributed by atoms with van der Waals surface area (Å²) in [6, 6.07) is 31.0. The minimum Gasteiger partial charge on any atom is -0.290 e. The van der Waals surface area contributed by atoms with Crippen LogP contribution in [0.25, 0.3) is 60.7 Å². The van der Waals surface area contributed by atoms with Gasteiger partial charge in [0.1, 0.15) is 5.65 Å². The van der Waals surface area contributed by atoms with E-state index in [4.69, 9.17) is 9.97 Å². The zero-order chi connectivity index (χ0) is 22.7. The summed E-state index contributed by atoms with van der Waals surface area (Å²) in [4.78, 5) is 9.94. The molecule has 0 amide bonds. The molecule has 0 bridgehead atoms. The molecule has 3 aromatic heterocycles. The quantitative estimate of drug-likeness (QED) is 0.229. The number of para-hydroxylation sites is 2. The van der Waals surface area contributed by atoms with E-state index < -0.39 is 0 Å². The summed E-state index contributed by atoms with van der Waals surface area (Å²) in [6.45, 7) is 0. The van der Waals surface area contributed by atoms with Gasteiger partial charge in [-0.15, -0.1) is 0 Å². The first-order valence-electron chi connectivity index (χ1n) is 12.2. The molecular weight excluding hydrogens is 426 g/mol. The fourth-order valence-corrected chi connectivity index (χ4v) is 6.49. The van der Waals surface area contributed by atoms with Crippen molar-refractivity contribution in [3.05, 3.63) is 113 Å². The number of rotatable bonds is 0. The van der Waals surface area contributed by atoms with Crippen molar-refractivity contribution in [3.8, 4) is 22.3 Å². The van der Waals surface area contributed by atoms with Crippen molar-refractivity contribution in [1.82, 2.24) is 14.4 Å². The molecule has 162 valence electrons. The maximum absolute atomic E-state index is 5.08. The predicted molar refractivity (Wildman–Crippen MR) is 142 cm³/mol. The van der Waals surface area contributed by atoms with Crippen molar-refractivity contribution in [3.63, 3.8) is 0 Å². The third kappa shape index (κ3) is 2.21. The lowest BCUT2D eigenvalue weighted by Gasteiger charge is -2.11. The Hall–Kier alpha value is -4.50. The van der Waals surface area contributed by atoms with Crippen molar-refractivity contribution in [1.29, 1.82) is 0 Å². The molecule has 3 heteroatoms. The number of benzene rings is 4. The summed E-state index contributed by atoms with van der Waals surface area (Å²) in [6.07, 6.45) is 3.88. The molecule has 0 spiro atoms. The van der Waals surface area contributed by atoms with Gasteiger partial charge in [-0.25, -0.2) is 4.98 Å². The molecule has 0 N–H and O–H groups in total. The van der Waals surface area contributed by atoms with Crippen molar-refractivity contribution in [2.75, 3.05) is 0 Å². The number of nitrogens with zero attached hydrogens (tertiary/aromatic N) is 3. The molecule has 9 rings (SSSR count). The topological polar surface area (TPSA) is 30.2 Å². The lowest BCUT2D eigenvalue weighted by molar-refractivity contribution is 1.24. The van der Waals surface area contributed by atoms with E-state index in [1.54, 1.807) is 0 Å². The molecule has 7 aromatic rings. The number of aromatic nitrogens is 3. The molecule has 0 unspecified atom stereocenters. The lowest BCUT2D eigenvalue weighted by Crippen LogP contribution is -1.94. The van der Waals surface area contributed by atoms with Gasteiger partial charge in [0.05, 0.1) is 22.1 Å². The van der Waals surface area contributed by atoms with Crippen LogP contribution in [0.3, 0.4) is 0 Å². The first-order valence-corrected chi connectivity index (χ1v) is 12.2. The first-order chi connectivity index (χ1) is 17.3. The third-order valence-corrected chi connectivity index (χ3v) is 8.02. The molecular formula is C32H19N3. The van der Waals surface area contributed by atoms with Crippen LogP contribution >= 0.6 is 0 Å². The Bertz CT molecular complexity index is 2060. The normalized spacial score (nSPS) is 13.5. The molecule has 2 aliphatic rings. The van der Waals surface area contributed by atoms with Gasteiger partial charge in [-0.1, -0.05) is 36.4 Å². The lowest BCUT2D eigenvalue weighted by atomic mass is 9.97. The Labute approximate surface area is 201 Å². The second-order valence-electron chi connectivity index (χ2n) is 9.86. The van der Waals surface area contributed by atoms with Crippen LogP contribution in [0.15, 0.2) is 91.1 Å². The third-order valence-electron chi connectivity index (χ3n) is 8.02. The Morgan fingerprint density at radius 3 is 2.23 bits per heavy atom. The summed E-state index contributed by atoms with van der Waals surface area (Å²) in [7, 11) is 0. The summed E-state index contributed by atoms with van der Waals surface area (Å²) in [5.41, 5.74) is 16.5. The van der Waals surface area contributed by atoms with E-state index in [0.29, 0.717) is 0 Å². The van der Waals surface area contributed by atoms with Crippen LogP contribution in [0.4, 0.5) is 0 Å². The van der Waals surface area contributed by atoms with E-state index in [0.717, 1.165) is 40.6 Å². The predicted octanol–water partition coefficient (Wildman–Crippen LogP) is 7.33. The van der Waals surface area contributed by atoms with E-state index in [1.807, 2.05) is 12.3 Å². The van der Waals surface area contributed by atoms with Gasteiger partial charge >= 0.3 is 0 Å². The van der Waals surface area contributed by atoms with Gasteiger partial charge < -0.3 is 0 Å². The second kappa shape index (κ2) is 6.13. The van der Waals surface area contributed by atoms with Gasteiger partial charge in [-0.05, 0) is 106 Å². The zero-order valence-electron chi connectivity index (χ0n) is 18.9. The Kier molecular flexibility index (Phi) is 3.14. The van der Waals surface area contributed by atoms with Gasteiger partial charge in [0.2, 0.25) is 0 Å². The maximum atomic E-state index is 5.08. The van der Waals surface area contributed by atoms with E-state index in [-0.39, 0.29) is 0 Å². The van der Waals surface area contributed by atoms with Gasteiger partial charge in [0.15, 0.2) is 0 Å². The molecule has 4 aromatic carbocycles. The second-order valence-corrected chi connectivity index (χ2v) is 9.86. The SMILES string of the molecule is c1ccc2c(c1)Cc1cc3c(cc1-2)Cc1cc2c(cc1-3)c1ncccc1n1c3ccccc3nc21. The molecule has 2 aliphatic carbocycles. The van der Waals surface area contributed by atoms with Gasteiger partial charge in [0.25, 0.3) is 0 Å². The highest BCUT2D eigenvalue weighted by Gasteiger charge is 2.26. The first kappa shape index (κ1) is 17.9. The van der Waals surface area contributed by atoms with Crippen LogP contribution in [0.5, 0.6) is 0 Å². The van der Waals surface area contributed by atoms with E-state index in [9.17, 15) is 0 Å². The summed E-state index contributed by atoms with van der Waals surface area (Å²) >= 11 is 0. The summed E-state index contributed by atoms with van der Waals surface area (Å²) in [5, 5.41) is 2.36. The summed E-state index contributed by atoms with van der Waals surface area (Å²) < 4.78 is 2.28. The highest BCUT2D eigenvalue weighted by atomic mass is 15.0. The van der Waals surface area contributed by atoms with Gasteiger partial charge in [-0.2, -0.15) is 0 Å². The molecule has 0 aliphatic heterocycles. The monoisotopic (exact) mass is 445 g/mol. The molecule has 35 heavy (non-hydrogen) atoms. The fraction of sp³-hybridized carbons (Fsp3) is 0.0625. The Balaban J connectivity index is 1.37. The van der Waals surface area contributed by atoms with Crippen molar-refractivity contribution in [2.24, 2.45) is 0 Å². The minimum absolute atomic E-state index is 0.961. The minimum atomic E-state index is 0.961. The standard InChI is InChI=1S/C32H19N3/c1-2-7-22-18(6-1)12-19-15-24-20(14-23(19)22)13-21-16-27-26(17-25(21)24)31-30(10-5-11-33-31)35-29-9-4-3-8-28(29)34-32(27)35/h1-11,14-17H,12-13H2. The van der Waals surface area contributed by atoms with E-state index in [1.165, 1.54) is 55.3 Å². The molecule has 0 radical (unpaired) electrons. The number of imidazole rings is 1. The average molecular weight is 446 g/mol. The highest BCUT2D eigenvalue weighted by Crippen LogP contribution is 2.46. The maximum Gasteiger partial charge on any atom is 0.146 e. The van der Waals surface area contributed by atoms with E-state index in [2.05, 4.69) is 83.3 Å². The number of fused-ring (bicyclic) bond motifs is 14. The van der Waals surface area contributed by atoms with Crippen molar-refractivity contribution < 1.29 is 0 Å². The number of hydrogen-bond donors (Lipinski definition) is 0. The van der Waals surface area contributed by atoms with Gasteiger partial charge in [-0.3, -0.25) is 9.38 Å². The molecule has 3 nitrogen and oxygen atoms in total. The number of hydrogen-bond acceptors (Lipinski definition) is 2. The Morgan fingerprint density at radius 1 is 0.571 bits per heavy atom. The largest absolute Gasteiger partial charge is 0.290 e. The molecule has 0 saturated heterocycles. The van der Waals surface area contributed by atoms with E-state index >= 15 is 0 Å². The van der Waals surface area contributed by atoms with Crippen LogP contribution in [0.1, 0.15) is 22.3 Å². The Morgan fingerprint density at radius 2 is 1.29 bits per heavy atom. The average Bonchev–Trinajstić information content (AvgIpc) is 3.57.